The second kappa shape index (κ2) is 4.84. The van der Waals surface area contributed by atoms with Gasteiger partial charge in [0, 0.05) is 18.7 Å². The summed E-state index contributed by atoms with van der Waals surface area (Å²) < 4.78 is 0. The lowest BCUT2D eigenvalue weighted by atomic mass is 10.2. The van der Waals surface area contributed by atoms with E-state index in [9.17, 15) is 9.59 Å². The molecule has 0 spiro atoms. The van der Waals surface area contributed by atoms with Crippen molar-refractivity contribution in [3.8, 4) is 0 Å². The van der Waals surface area contributed by atoms with E-state index in [1.54, 1.807) is 18.2 Å². The summed E-state index contributed by atoms with van der Waals surface area (Å²) in [7, 11) is 1.82. The Hall–Kier alpha value is -2.08. The quantitative estimate of drug-likeness (QED) is 0.552. The standard InChI is InChI=1S/C11H14N4O2/c1-12-4-5-13-10(16)7-2-3-8-9(6-7)15-11(17)14-8/h2-3,6,12H,4-5H2,1H3,(H,13,16)(H2,14,15,17). The highest BCUT2D eigenvalue weighted by molar-refractivity contribution is 5.97. The van der Waals surface area contributed by atoms with Gasteiger partial charge >= 0.3 is 5.69 Å². The summed E-state index contributed by atoms with van der Waals surface area (Å²) in [5, 5.41) is 5.71. The van der Waals surface area contributed by atoms with Crippen molar-refractivity contribution in [3.63, 3.8) is 0 Å². The minimum atomic E-state index is -0.271. The van der Waals surface area contributed by atoms with Crippen molar-refractivity contribution >= 4 is 16.9 Å². The van der Waals surface area contributed by atoms with Gasteiger partial charge in [0.2, 0.25) is 0 Å². The van der Waals surface area contributed by atoms with Crippen LogP contribution in [0.25, 0.3) is 11.0 Å². The van der Waals surface area contributed by atoms with Crippen LogP contribution in [0.3, 0.4) is 0 Å². The topological polar surface area (TPSA) is 89.8 Å². The largest absolute Gasteiger partial charge is 0.351 e. The van der Waals surface area contributed by atoms with Crippen molar-refractivity contribution < 1.29 is 4.79 Å². The smallest absolute Gasteiger partial charge is 0.323 e. The number of imidazole rings is 1. The number of benzene rings is 1. The van der Waals surface area contributed by atoms with Crippen LogP contribution in [0.15, 0.2) is 23.0 Å². The number of H-pyrrole nitrogens is 2. The van der Waals surface area contributed by atoms with E-state index in [0.717, 1.165) is 6.54 Å². The number of carbonyl (C=O) groups is 1. The number of aromatic nitrogens is 2. The predicted molar refractivity (Wildman–Crippen MR) is 65.2 cm³/mol. The number of hydrogen-bond acceptors (Lipinski definition) is 3. The van der Waals surface area contributed by atoms with Gasteiger partial charge in [0.05, 0.1) is 11.0 Å². The molecule has 6 nitrogen and oxygen atoms in total. The van der Waals surface area contributed by atoms with E-state index in [0.29, 0.717) is 23.1 Å². The van der Waals surface area contributed by atoms with Gasteiger partial charge in [-0.25, -0.2) is 4.79 Å². The van der Waals surface area contributed by atoms with Crippen molar-refractivity contribution in [1.82, 2.24) is 20.6 Å². The van der Waals surface area contributed by atoms with E-state index >= 15 is 0 Å². The molecule has 0 aliphatic carbocycles. The number of amides is 1. The molecule has 0 atom stereocenters. The third-order valence-corrected chi connectivity index (χ3v) is 2.44. The molecule has 2 aromatic rings. The fraction of sp³-hybridized carbons (Fsp3) is 0.273. The monoisotopic (exact) mass is 234 g/mol. The lowest BCUT2D eigenvalue weighted by Gasteiger charge is -2.04. The van der Waals surface area contributed by atoms with Gasteiger partial charge in [-0.2, -0.15) is 0 Å². The maximum absolute atomic E-state index is 11.7. The van der Waals surface area contributed by atoms with Crippen molar-refractivity contribution in [2.24, 2.45) is 0 Å². The average Bonchev–Trinajstić information content (AvgIpc) is 2.68. The molecule has 1 amide bonds. The Bertz CT molecular complexity index is 584. The number of fused-ring (bicyclic) bond motifs is 1. The number of hydrogen-bond donors (Lipinski definition) is 4. The second-order valence-corrected chi connectivity index (χ2v) is 3.70. The van der Waals surface area contributed by atoms with Crippen LogP contribution in [0.4, 0.5) is 0 Å². The molecule has 0 saturated carbocycles. The molecule has 6 heteroatoms. The lowest BCUT2D eigenvalue weighted by Crippen LogP contribution is -2.30. The Balaban J connectivity index is 2.17. The van der Waals surface area contributed by atoms with E-state index in [2.05, 4.69) is 20.6 Å². The van der Waals surface area contributed by atoms with Gasteiger partial charge < -0.3 is 20.6 Å². The van der Waals surface area contributed by atoms with Crippen LogP contribution in [0.1, 0.15) is 10.4 Å². The molecule has 4 N–H and O–H groups in total. The van der Waals surface area contributed by atoms with E-state index in [1.165, 1.54) is 0 Å². The average molecular weight is 234 g/mol. The summed E-state index contributed by atoms with van der Waals surface area (Å²) in [6, 6.07) is 5.04. The zero-order valence-corrected chi connectivity index (χ0v) is 9.46. The van der Waals surface area contributed by atoms with Crippen LogP contribution in [-0.4, -0.2) is 36.0 Å². The Morgan fingerprint density at radius 1 is 1.24 bits per heavy atom. The second-order valence-electron chi connectivity index (χ2n) is 3.70. The summed E-state index contributed by atoms with van der Waals surface area (Å²) in [4.78, 5) is 28.0. The van der Waals surface area contributed by atoms with Crippen LogP contribution in [0, 0.1) is 0 Å². The summed E-state index contributed by atoms with van der Waals surface area (Å²) in [5.74, 6) is -0.149. The number of nitrogens with one attached hydrogen (secondary N) is 4. The molecule has 0 radical (unpaired) electrons. The molecule has 0 fully saturated rings. The molecule has 1 heterocycles. The number of carbonyl (C=O) groups excluding carboxylic acids is 1. The van der Waals surface area contributed by atoms with Gasteiger partial charge in [0.1, 0.15) is 0 Å². The Kier molecular flexibility index (Phi) is 3.24. The first kappa shape index (κ1) is 11.4. The molecule has 17 heavy (non-hydrogen) atoms. The van der Waals surface area contributed by atoms with Crippen LogP contribution < -0.4 is 16.3 Å². The summed E-state index contributed by atoms with van der Waals surface area (Å²) in [6.45, 7) is 1.28. The first-order valence-corrected chi connectivity index (χ1v) is 5.35. The number of rotatable bonds is 4. The third-order valence-electron chi connectivity index (χ3n) is 2.44. The fourth-order valence-electron chi connectivity index (χ4n) is 1.58. The molecule has 90 valence electrons. The van der Waals surface area contributed by atoms with Gasteiger partial charge in [-0.05, 0) is 25.2 Å². The van der Waals surface area contributed by atoms with Crippen LogP contribution >= 0.6 is 0 Å². The third kappa shape index (κ3) is 2.54. The molecule has 0 aliphatic heterocycles. The molecular weight excluding hydrogens is 220 g/mol. The molecule has 0 unspecified atom stereocenters. The van der Waals surface area contributed by atoms with Gasteiger partial charge in [0.15, 0.2) is 0 Å². The Labute approximate surface area is 97.4 Å². The van der Waals surface area contributed by atoms with Crippen LogP contribution in [0.5, 0.6) is 0 Å². The molecule has 0 aliphatic rings. The van der Waals surface area contributed by atoms with Gasteiger partial charge in [-0.15, -0.1) is 0 Å². The van der Waals surface area contributed by atoms with Crippen molar-refractivity contribution in [2.45, 2.75) is 0 Å². The van der Waals surface area contributed by atoms with E-state index < -0.39 is 0 Å². The minimum absolute atomic E-state index is 0.149. The zero-order chi connectivity index (χ0) is 12.3. The predicted octanol–water partition coefficient (Wildman–Crippen LogP) is -0.195. The van der Waals surface area contributed by atoms with E-state index in [4.69, 9.17) is 0 Å². The molecule has 2 rings (SSSR count). The molecule has 0 bridgehead atoms. The summed E-state index contributed by atoms with van der Waals surface area (Å²) >= 11 is 0. The Morgan fingerprint density at radius 3 is 2.76 bits per heavy atom. The van der Waals surface area contributed by atoms with Gasteiger partial charge in [0.25, 0.3) is 5.91 Å². The highest BCUT2D eigenvalue weighted by Crippen LogP contribution is 2.09. The van der Waals surface area contributed by atoms with Gasteiger partial charge in [-0.1, -0.05) is 0 Å². The van der Waals surface area contributed by atoms with Crippen LogP contribution in [-0.2, 0) is 0 Å². The first-order chi connectivity index (χ1) is 8.20. The molecule has 0 saturated heterocycles. The lowest BCUT2D eigenvalue weighted by molar-refractivity contribution is 0.0954. The SMILES string of the molecule is CNCCNC(=O)c1ccc2[nH]c(=O)[nH]c2c1. The van der Waals surface area contributed by atoms with Crippen LogP contribution in [0.2, 0.25) is 0 Å². The summed E-state index contributed by atoms with van der Waals surface area (Å²) in [6.07, 6.45) is 0. The number of likely N-dealkylation sites (N-methyl/N-ethyl adjacent to an activating group) is 1. The maximum Gasteiger partial charge on any atom is 0.323 e. The summed E-state index contributed by atoms with van der Waals surface area (Å²) in [5.41, 5.74) is 1.59. The first-order valence-electron chi connectivity index (χ1n) is 5.35. The van der Waals surface area contributed by atoms with E-state index in [-0.39, 0.29) is 11.6 Å². The zero-order valence-electron chi connectivity index (χ0n) is 9.46. The highest BCUT2D eigenvalue weighted by atomic mass is 16.2. The Morgan fingerprint density at radius 2 is 2.00 bits per heavy atom. The molecule has 1 aromatic carbocycles. The fourth-order valence-corrected chi connectivity index (χ4v) is 1.58. The maximum atomic E-state index is 11.7. The van der Waals surface area contributed by atoms with Crippen molar-refractivity contribution in [3.05, 3.63) is 34.2 Å². The number of aromatic amines is 2. The van der Waals surface area contributed by atoms with Crippen molar-refractivity contribution in [1.29, 1.82) is 0 Å². The van der Waals surface area contributed by atoms with Crippen molar-refractivity contribution in [2.75, 3.05) is 20.1 Å². The molecular formula is C11H14N4O2. The molecule has 1 aromatic heterocycles. The minimum Gasteiger partial charge on any atom is -0.351 e. The van der Waals surface area contributed by atoms with E-state index in [1.807, 2.05) is 7.05 Å². The normalized spacial score (nSPS) is 10.6. The van der Waals surface area contributed by atoms with Gasteiger partial charge in [-0.3, -0.25) is 4.79 Å². The highest BCUT2D eigenvalue weighted by Gasteiger charge is 2.06.